The summed E-state index contributed by atoms with van der Waals surface area (Å²) in [4.78, 5) is 37.9. The first kappa shape index (κ1) is 19.4. The Morgan fingerprint density at radius 2 is 1.62 bits per heavy atom. The van der Waals surface area contributed by atoms with Crippen LogP contribution in [0.25, 0.3) is 21.8 Å². The number of imidazole rings is 1. The highest BCUT2D eigenvalue weighted by Crippen LogP contribution is 2.32. The fourth-order valence-electron chi connectivity index (χ4n) is 5.53. The molecule has 1 atom stereocenters. The lowest BCUT2D eigenvalue weighted by molar-refractivity contribution is 0.205. The van der Waals surface area contributed by atoms with Gasteiger partial charge in [0.05, 0.1) is 11.0 Å². The number of rotatable bonds is 3. The second kappa shape index (κ2) is 7.67. The Kier molecular flexibility index (Phi) is 4.64. The van der Waals surface area contributed by atoms with Crippen LogP contribution in [0.3, 0.4) is 0 Å². The van der Waals surface area contributed by atoms with E-state index in [2.05, 4.69) is 43.0 Å². The lowest BCUT2D eigenvalue weighted by atomic mass is 10.0. The van der Waals surface area contributed by atoms with Crippen molar-refractivity contribution >= 4 is 27.5 Å². The van der Waals surface area contributed by atoms with Gasteiger partial charge in [0.1, 0.15) is 0 Å². The normalized spacial score (nSPS) is 20.5. The smallest absolute Gasteiger partial charge is 0.323 e. The van der Waals surface area contributed by atoms with E-state index < -0.39 is 0 Å². The molecule has 0 saturated carbocycles. The van der Waals surface area contributed by atoms with Crippen molar-refractivity contribution in [1.82, 2.24) is 19.9 Å². The number of hydrogen-bond acceptors (Lipinski definition) is 4. The summed E-state index contributed by atoms with van der Waals surface area (Å²) < 4.78 is 0. The number of likely N-dealkylation sites (tertiary alicyclic amines) is 1. The molecule has 7 nitrogen and oxygen atoms in total. The molecule has 2 saturated heterocycles. The zero-order valence-electron chi connectivity index (χ0n) is 17.9. The minimum absolute atomic E-state index is 0.0191. The number of aromatic amines is 3. The van der Waals surface area contributed by atoms with Crippen LogP contribution in [0, 0.1) is 0 Å². The third-order valence-electron chi connectivity index (χ3n) is 7.28. The van der Waals surface area contributed by atoms with Crippen molar-refractivity contribution in [3.63, 3.8) is 0 Å². The highest BCUT2D eigenvalue weighted by atomic mass is 16.1. The van der Waals surface area contributed by atoms with Gasteiger partial charge in [-0.3, -0.25) is 9.69 Å². The molecule has 0 aliphatic carbocycles. The summed E-state index contributed by atoms with van der Waals surface area (Å²) in [7, 11) is 0. The van der Waals surface area contributed by atoms with Gasteiger partial charge in [0.15, 0.2) is 0 Å². The van der Waals surface area contributed by atoms with Crippen LogP contribution in [0.4, 0.5) is 5.69 Å². The number of hydrogen-bond donors (Lipinski definition) is 3. The zero-order valence-corrected chi connectivity index (χ0v) is 17.9. The predicted octanol–water partition coefficient (Wildman–Crippen LogP) is 3.16. The number of pyridine rings is 1. The van der Waals surface area contributed by atoms with E-state index in [4.69, 9.17) is 0 Å². The maximum absolute atomic E-state index is 12.5. The first-order chi connectivity index (χ1) is 15.6. The SMILES string of the molecule is O=c1[nH]c2ccc(N3CCC(N4CCC(c5cc6ccccc6c(=O)[nH]5)C4)CC3)cc2[nH]1. The summed E-state index contributed by atoms with van der Waals surface area (Å²) in [5.41, 5.74) is 3.81. The Labute approximate surface area is 185 Å². The standard InChI is InChI=1S/C25H27N5O2/c31-24-20-4-2-1-3-16(20)13-22(26-24)17-7-10-30(15-17)18-8-11-29(12-9-18)19-5-6-21-23(14-19)28-25(32)27-21/h1-6,13-14,17-18H,7-12,15H2,(H,26,31)(H2,27,28,32). The van der Waals surface area contributed by atoms with Crippen LogP contribution >= 0.6 is 0 Å². The molecule has 2 fully saturated rings. The number of nitrogens with one attached hydrogen (secondary N) is 3. The quantitative estimate of drug-likeness (QED) is 0.467. The van der Waals surface area contributed by atoms with Crippen molar-refractivity contribution in [3.05, 3.63) is 75.1 Å². The molecule has 6 rings (SSSR count). The fourth-order valence-corrected chi connectivity index (χ4v) is 5.53. The molecule has 4 aromatic rings. The van der Waals surface area contributed by atoms with Crippen molar-refractivity contribution in [2.24, 2.45) is 0 Å². The van der Waals surface area contributed by atoms with Gasteiger partial charge in [-0.25, -0.2) is 4.79 Å². The molecule has 32 heavy (non-hydrogen) atoms. The van der Waals surface area contributed by atoms with Gasteiger partial charge in [-0.1, -0.05) is 18.2 Å². The highest BCUT2D eigenvalue weighted by Gasteiger charge is 2.32. The van der Waals surface area contributed by atoms with Gasteiger partial charge in [-0.15, -0.1) is 0 Å². The fraction of sp³-hybridized carbons (Fsp3) is 0.360. The predicted molar refractivity (Wildman–Crippen MR) is 128 cm³/mol. The molecule has 2 aromatic carbocycles. The summed E-state index contributed by atoms with van der Waals surface area (Å²) in [5.74, 6) is 0.387. The molecule has 7 heteroatoms. The van der Waals surface area contributed by atoms with Gasteiger partial charge in [0.25, 0.3) is 5.56 Å². The molecule has 0 radical (unpaired) electrons. The van der Waals surface area contributed by atoms with Crippen molar-refractivity contribution < 1.29 is 0 Å². The number of nitrogens with zero attached hydrogens (tertiary/aromatic N) is 2. The molecule has 0 amide bonds. The monoisotopic (exact) mass is 429 g/mol. The van der Waals surface area contributed by atoms with Crippen LogP contribution in [0.2, 0.25) is 0 Å². The largest absolute Gasteiger partial charge is 0.371 e. The van der Waals surface area contributed by atoms with Crippen LogP contribution in [0.15, 0.2) is 58.1 Å². The van der Waals surface area contributed by atoms with Crippen LogP contribution < -0.4 is 16.1 Å². The average Bonchev–Trinajstić information content (AvgIpc) is 3.45. The summed E-state index contributed by atoms with van der Waals surface area (Å²) >= 11 is 0. The summed E-state index contributed by atoms with van der Waals surface area (Å²) in [6.45, 7) is 4.12. The maximum atomic E-state index is 12.5. The van der Waals surface area contributed by atoms with Gasteiger partial charge in [-0.2, -0.15) is 0 Å². The minimum atomic E-state index is -0.160. The van der Waals surface area contributed by atoms with Gasteiger partial charge in [0.2, 0.25) is 0 Å². The number of benzene rings is 2. The number of fused-ring (bicyclic) bond motifs is 2. The third kappa shape index (κ3) is 3.42. The number of piperidine rings is 1. The summed E-state index contributed by atoms with van der Waals surface area (Å²) in [6.07, 6.45) is 3.34. The van der Waals surface area contributed by atoms with E-state index in [9.17, 15) is 9.59 Å². The topological polar surface area (TPSA) is 88.0 Å². The highest BCUT2D eigenvalue weighted by molar-refractivity contribution is 5.81. The van der Waals surface area contributed by atoms with Gasteiger partial charge >= 0.3 is 5.69 Å². The molecule has 1 unspecified atom stereocenters. The Bertz CT molecular complexity index is 1390. The molecule has 2 aliphatic rings. The Hall–Kier alpha value is -3.32. The average molecular weight is 430 g/mol. The first-order valence-electron chi connectivity index (χ1n) is 11.5. The number of aromatic nitrogens is 3. The second-order valence-corrected chi connectivity index (χ2v) is 9.15. The molecule has 164 valence electrons. The number of anilines is 1. The molecule has 3 N–H and O–H groups in total. The Balaban J connectivity index is 1.12. The van der Waals surface area contributed by atoms with Gasteiger partial charge in [-0.05, 0) is 61.5 Å². The van der Waals surface area contributed by atoms with Crippen molar-refractivity contribution in [2.75, 3.05) is 31.1 Å². The third-order valence-corrected chi connectivity index (χ3v) is 7.28. The molecule has 0 spiro atoms. The van der Waals surface area contributed by atoms with Crippen LogP contribution in [0.5, 0.6) is 0 Å². The lowest BCUT2D eigenvalue weighted by Crippen LogP contribution is -2.44. The molecule has 2 aliphatic heterocycles. The minimum Gasteiger partial charge on any atom is -0.371 e. The maximum Gasteiger partial charge on any atom is 0.323 e. The van der Waals surface area contributed by atoms with Crippen molar-refractivity contribution in [1.29, 1.82) is 0 Å². The van der Waals surface area contributed by atoms with Gasteiger partial charge < -0.3 is 19.9 Å². The first-order valence-corrected chi connectivity index (χ1v) is 11.5. The van der Waals surface area contributed by atoms with E-state index in [0.29, 0.717) is 12.0 Å². The molecule has 2 aromatic heterocycles. The number of H-pyrrole nitrogens is 3. The van der Waals surface area contributed by atoms with E-state index in [1.165, 1.54) is 5.69 Å². The summed E-state index contributed by atoms with van der Waals surface area (Å²) in [5, 5.41) is 1.79. The molecular formula is C25H27N5O2. The molecular weight excluding hydrogens is 402 g/mol. The van der Waals surface area contributed by atoms with Crippen molar-refractivity contribution in [2.45, 2.75) is 31.2 Å². The van der Waals surface area contributed by atoms with E-state index in [-0.39, 0.29) is 11.2 Å². The van der Waals surface area contributed by atoms with Crippen molar-refractivity contribution in [3.8, 4) is 0 Å². The van der Waals surface area contributed by atoms with Gasteiger partial charge in [0, 0.05) is 48.4 Å². The Morgan fingerprint density at radius 1 is 0.812 bits per heavy atom. The lowest BCUT2D eigenvalue weighted by Gasteiger charge is -2.38. The Morgan fingerprint density at radius 3 is 2.50 bits per heavy atom. The zero-order chi connectivity index (χ0) is 21.7. The van der Waals surface area contributed by atoms with E-state index >= 15 is 0 Å². The van der Waals surface area contributed by atoms with Crippen LogP contribution in [-0.4, -0.2) is 52.1 Å². The molecule has 0 bridgehead atoms. The van der Waals surface area contributed by atoms with E-state index in [1.807, 2.05) is 30.3 Å². The summed E-state index contributed by atoms with van der Waals surface area (Å²) in [6, 6.07) is 16.7. The second-order valence-electron chi connectivity index (χ2n) is 9.15. The van der Waals surface area contributed by atoms with Crippen LogP contribution in [-0.2, 0) is 0 Å². The molecule has 4 heterocycles. The van der Waals surface area contributed by atoms with E-state index in [0.717, 1.165) is 72.9 Å². The van der Waals surface area contributed by atoms with E-state index in [1.54, 1.807) is 0 Å². The van der Waals surface area contributed by atoms with Crippen LogP contribution in [0.1, 0.15) is 30.9 Å².